The predicted octanol–water partition coefficient (Wildman–Crippen LogP) is 10.9. The number of piperidine rings is 1. The van der Waals surface area contributed by atoms with Gasteiger partial charge in [-0.05, 0) is 91.0 Å². The fourth-order valence-electron chi connectivity index (χ4n) is 8.13. The molecule has 56 heavy (non-hydrogen) atoms. The van der Waals surface area contributed by atoms with E-state index in [0.29, 0.717) is 40.6 Å². The highest BCUT2D eigenvalue weighted by Crippen LogP contribution is 2.40. The fraction of sp³-hybridized carbons (Fsp3) is 0.149. The number of alkyl halides is 3. The maximum absolute atomic E-state index is 13.7. The molecule has 0 spiro atoms. The SMILES string of the molecule is O=C(Cn1cc([S+]([O-])N2CCC(c3ccc(-c4ccc5ccc6cccc7ccc4c5c67)cc3)CC2)ccc1=O)c1ccc(-c2cccc(C(F)(F)F)c2)cc1. The lowest BCUT2D eigenvalue weighted by atomic mass is 9.87. The third-order valence-electron chi connectivity index (χ3n) is 11.1. The molecule has 0 bridgehead atoms. The molecule has 9 rings (SSSR count). The van der Waals surface area contributed by atoms with Crippen LogP contribution in [0.25, 0.3) is 54.6 Å². The van der Waals surface area contributed by atoms with Gasteiger partial charge in [0.25, 0.3) is 5.56 Å². The Kier molecular flexibility index (Phi) is 9.24. The molecule has 0 saturated carbocycles. The molecule has 9 heteroatoms. The van der Waals surface area contributed by atoms with Crippen molar-refractivity contribution in [2.45, 2.75) is 36.4 Å². The summed E-state index contributed by atoms with van der Waals surface area (Å²) in [5.74, 6) is -0.0261. The lowest BCUT2D eigenvalue weighted by Crippen LogP contribution is -2.38. The van der Waals surface area contributed by atoms with Crippen LogP contribution in [0, 0.1) is 0 Å². The molecule has 0 amide bonds. The van der Waals surface area contributed by atoms with E-state index in [1.165, 1.54) is 84.0 Å². The van der Waals surface area contributed by atoms with Crippen LogP contribution < -0.4 is 5.56 Å². The van der Waals surface area contributed by atoms with Gasteiger partial charge in [0.1, 0.15) is 0 Å². The topological polar surface area (TPSA) is 65.4 Å². The van der Waals surface area contributed by atoms with Gasteiger partial charge in [0.2, 0.25) is 0 Å². The third-order valence-corrected chi connectivity index (χ3v) is 12.6. The van der Waals surface area contributed by atoms with Crippen molar-refractivity contribution in [3.8, 4) is 22.3 Å². The summed E-state index contributed by atoms with van der Waals surface area (Å²) >= 11 is -1.53. The summed E-state index contributed by atoms with van der Waals surface area (Å²) in [4.78, 5) is 26.4. The summed E-state index contributed by atoms with van der Waals surface area (Å²) in [5, 5.41) is 7.59. The molecule has 1 saturated heterocycles. The highest BCUT2D eigenvalue weighted by atomic mass is 32.2. The molecule has 0 radical (unpaired) electrons. The van der Waals surface area contributed by atoms with E-state index in [2.05, 4.69) is 78.9 Å². The Morgan fingerprint density at radius 1 is 0.696 bits per heavy atom. The molecule has 1 aliphatic heterocycles. The van der Waals surface area contributed by atoms with Crippen LogP contribution in [0.2, 0.25) is 0 Å². The van der Waals surface area contributed by atoms with Crippen molar-refractivity contribution in [1.29, 1.82) is 0 Å². The van der Waals surface area contributed by atoms with Gasteiger partial charge in [-0.1, -0.05) is 115 Å². The molecule has 1 fully saturated rings. The maximum Gasteiger partial charge on any atom is 0.416 e. The molecule has 8 aromatic rings. The zero-order valence-corrected chi connectivity index (χ0v) is 30.9. The second-order valence-corrected chi connectivity index (χ2v) is 15.9. The van der Waals surface area contributed by atoms with E-state index >= 15 is 0 Å². The van der Waals surface area contributed by atoms with Crippen LogP contribution in [-0.2, 0) is 24.1 Å². The van der Waals surface area contributed by atoms with E-state index in [9.17, 15) is 27.3 Å². The summed E-state index contributed by atoms with van der Waals surface area (Å²) in [6, 6.07) is 42.7. The van der Waals surface area contributed by atoms with Gasteiger partial charge in [0, 0.05) is 30.8 Å². The number of aromatic nitrogens is 1. The minimum Gasteiger partial charge on any atom is -0.593 e. The van der Waals surface area contributed by atoms with Crippen LogP contribution in [0.15, 0.2) is 155 Å². The van der Waals surface area contributed by atoms with E-state index in [1.54, 1.807) is 24.3 Å². The molecule has 5 nitrogen and oxygen atoms in total. The maximum atomic E-state index is 13.7. The molecular formula is C47H35F3N2O3S. The van der Waals surface area contributed by atoms with Crippen molar-refractivity contribution >= 4 is 49.5 Å². The Morgan fingerprint density at radius 2 is 1.34 bits per heavy atom. The van der Waals surface area contributed by atoms with Gasteiger partial charge in [0.15, 0.2) is 10.7 Å². The average molecular weight is 765 g/mol. The van der Waals surface area contributed by atoms with E-state index < -0.39 is 28.7 Å². The Hall–Kier alpha value is -5.74. The van der Waals surface area contributed by atoms with Crippen LogP contribution in [-0.4, -0.2) is 32.3 Å². The van der Waals surface area contributed by atoms with Gasteiger partial charge < -0.3 is 9.12 Å². The van der Waals surface area contributed by atoms with Crippen LogP contribution in [0.3, 0.4) is 0 Å². The molecule has 0 aliphatic carbocycles. The van der Waals surface area contributed by atoms with Crippen molar-refractivity contribution in [3.63, 3.8) is 0 Å². The number of benzene rings is 7. The summed E-state index contributed by atoms with van der Waals surface area (Å²) in [7, 11) is 0. The number of rotatable bonds is 8. The lowest BCUT2D eigenvalue weighted by Gasteiger charge is -2.32. The van der Waals surface area contributed by atoms with E-state index in [-0.39, 0.29) is 12.3 Å². The summed E-state index contributed by atoms with van der Waals surface area (Å²) < 4.78 is 56.5. The van der Waals surface area contributed by atoms with Gasteiger partial charge >= 0.3 is 6.18 Å². The smallest absolute Gasteiger partial charge is 0.416 e. The standard InChI is InChI=1S/C47H35F3N2O3S/c48-47(49,50)39-6-2-5-38(27-39)31-9-13-34(14-10-31)43(53)29-51-28-40(19-22-44(51)54)56(55)52-25-23-32(24-26-52)30-7-11-33(12-8-30)41-20-17-37-16-15-35-3-1-4-36-18-21-42(41)46(37)45(35)36/h1-22,27-28,32H,23-26,29H2. The number of nitrogens with zero attached hydrogens (tertiary/aromatic N) is 2. The predicted molar refractivity (Wildman–Crippen MR) is 217 cm³/mol. The fourth-order valence-corrected chi connectivity index (χ4v) is 9.37. The number of ketones is 1. The average Bonchev–Trinajstić information content (AvgIpc) is 3.23. The van der Waals surface area contributed by atoms with E-state index in [4.69, 9.17) is 0 Å². The van der Waals surface area contributed by atoms with Gasteiger partial charge in [0.05, 0.1) is 29.7 Å². The minimum atomic E-state index is -4.46. The molecule has 1 atom stereocenters. The molecule has 0 N–H and O–H groups in total. The van der Waals surface area contributed by atoms with Crippen molar-refractivity contribution in [3.05, 3.63) is 173 Å². The molecule has 1 aromatic heterocycles. The summed E-state index contributed by atoms with van der Waals surface area (Å²) in [6.07, 6.45) is -1.32. The van der Waals surface area contributed by atoms with Crippen molar-refractivity contribution in [2.24, 2.45) is 0 Å². The molecule has 7 aromatic carbocycles. The van der Waals surface area contributed by atoms with Crippen LogP contribution in [0.1, 0.15) is 40.2 Å². The molecule has 278 valence electrons. The van der Waals surface area contributed by atoms with Crippen molar-refractivity contribution in [1.82, 2.24) is 8.87 Å². The van der Waals surface area contributed by atoms with Gasteiger partial charge in [-0.2, -0.15) is 13.2 Å². The summed E-state index contributed by atoms with van der Waals surface area (Å²) in [6.45, 7) is 0.966. The zero-order valence-electron chi connectivity index (χ0n) is 30.1. The first-order valence-electron chi connectivity index (χ1n) is 18.6. The van der Waals surface area contributed by atoms with E-state index in [0.717, 1.165) is 25.0 Å². The van der Waals surface area contributed by atoms with Crippen LogP contribution >= 0.6 is 0 Å². The largest absolute Gasteiger partial charge is 0.593 e. The number of halogens is 3. The third kappa shape index (κ3) is 6.76. The highest BCUT2D eigenvalue weighted by Gasteiger charge is 2.31. The second-order valence-electron chi connectivity index (χ2n) is 14.5. The Labute approximate surface area is 324 Å². The molecule has 1 aliphatic rings. The Morgan fingerprint density at radius 3 is 2.05 bits per heavy atom. The highest BCUT2D eigenvalue weighted by molar-refractivity contribution is 7.89. The van der Waals surface area contributed by atoms with Gasteiger partial charge in [-0.15, -0.1) is 4.31 Å². The second kappa shape index (κ2) is 14.4. The first kappa shape index (κ1) is 35.9. The minimum absolute atomic E-state index is 0.264. The number of pyridine rings is 1. The molecule has 1 unspecified atom stereocenters. The number of carbonyl (C=O) groups excluding carboxylic acids is 1. The number of Topliss-reactive ketones (excluding diaryl/α,β-unsaturated/α-hetero) is 1. The van der Waals surface area contributed by atoms with Gasteiger partial charge in [-0.3, -0.25) is 9.59 Å². The molecular weight excluding hydrogens is 730 g/mol. The van der Waals surface area contributed by atoms with E-state index in [1.807, 2.05) is 4.31 Å². The number of carbonyl (C=O) groups is 1. The molecule has 2 heterocycles. The Bertz CT molecular complexity index is 2770. The van der Waals surface area contributed by atoms with Crippen molar-refractivity contribution in [2.75, 3.05) is 13.1 Å². The number of hydrogen-bond acceptors (Lipinski definition) is 4. The van der Waals surface area contributed by atoms with Crippen molar-refractivity contribution < 1.29 is 22.5 Å². The van der Waals surface area contributed by atoms with Crippen LogP contribution in [0.5, 0.6) is 0 Å². The normalized spacial score (nSPS) is 14.9. The van der Waals surface area contributed by atoms with Gasteiger partial charge in [-0.25, -0.2) is 0 Å². The monoisotopic (exact) mass is 764 g/mol. The first-order valence-corrected chi connectivity index (χ1v) is 19.7. The lowest BCUT2D eigenvalue weighted by molar-refractivity contribution is -0.137. The van der Waals surface area contributed by atoms with Crippen LogP contribution in [0.4, 0.5) is 13.2 Å². The number of hydrogen-bond donors (Lipinski definition) is 0. The Balaban J connectivity index is 0.850. The first-order chi connectivity index (χ1) is 27.1. The summed E-state index contributed by atoms with van der Waals surface area (Å²) in [5.41, 5.74) is 3.71. The quantitative estimate of drug-likeness (QED) is 0.0878. The zero-order chi connectivity index (χ0) is 38.6.